The maximum absolute atomic E-state index is 13.4. The van der Waals surface area contributed by atoms with Crippen LogP contribution in [0.5, 0.6) is 5.75 Å². The fraction of sp³-hybridized carbons (Fsp3) is 0.333. The van der Waals surface area contributed by atoms with Crippen LogP contribution in [0.2, 0.25) is 0 Å². The Hall–Kier alpha value is -1.98. The van der Waals surface area contributed by atoms with Gasteiger partial charge in [0.1, 0.15) is 18.5 Å². The Kier molecular flexibility index (Phi) is 6.50. The molecule has 0 aliphatic rings. The van der Waals surface area contributed by atoms with Gasteiger partial charge in [0, 0.05) is 13.1 Å². The molecule has 23 heavy (non-hydrogen) atoms. The molecule has 0 fully saturated rings. The summed E-state index contributed by atoms with van der Waals surface area (Å²) in [6.07, 6.45) is -0.761. The molecular formula is C18H21F2NO2. The minimum absolute atomic E-state index is 0.000579. The van der Waals surface area contributed by atoms with Gasteiger partial charge in [-0.3, -0.25) is 4.90 Å². The average molecular weight is 321 g/mol. The van der Waals surface area contributed by atoms with Crippen LogP contribution in [0.3, 0.4) is 0 Å². The predicted octanol–water partition coefficient (Wildman–Crippen LogP) is 3.23. The van der Waals surface area contributed by atoms with E-state index in [1.54, 1.807) is 18.2 Å². The number of aliphatic hydroxyl groups is 1. The van der Waals surface area contributed by atoms with Gasteiger partial charge < -0.3 is 9.84 Å². The zero-order valence-corrected chi connectivity index (χ0v) is 13.1. The maximum atomic E-state index is 13.4. The smallest absolute Gasteiger partial charge is 0.165 e. The third-order valence-electron chi connectivity index (χ3n) is 3.48. The molecule has 1 atom stereocenters. The quantitative estimate of drug-likeness (QED) is 0.810. The molecule has 0 spiro atoms. The van der Waals surface area contributed by atoms with E-state index in [1.165, 1.54) is 24.3 Å². The van der Waals surface area contributed by atoms with Gasteiger partial charge in [-0.1, -0.05) is 31.2 Å². The molecule has 0 radical (unpaired) electrons. The molecule has 0 saturated carbocycles. The molecule has 0 aromatic heterocycles. The van der Waals surface area contributed by atoms with Crippen LogP contribution >= 0.6 is 0 Å². The summed E-state index contributed by atoms with van der Waals surface area (Å²) in [7, 11) is 0. The number of likely N-dealkylation sites (N-methyl/N-ethyl adjacent to an activating group) is 1. The van der Waals surface area contributed by atoms with Crippen molar-refractivity contribution in [3.8, 4) is 5.75 Å². The van der Waals surface area contributed by atoms with Gasteiger partial charge in [-0.15, -0.1) is 0 Å². The molecule has 0 bridgehead atoms. The van der Waals surface area contributed by atoms with Crippen LogP contribution in [0.15, 0.2) is 48.5 Å². The minimum Gasteiger partial charge on any atom is -0.488 e. The van der Waals surface area contributed by atoms with E-state index in [-0.39, 0.29) is 18.2 Å². The number of aliphatic hydroxyl groups excluding tert-OH is 1. The summed E-state index contributed by atoms with van der Waals surface area (Å²) in [5.74, 6) is -0.603. The van der Waals surface area contributed by atoms with E-state index in [2.05, 4.69) is 0 Å². The van der Waals surface area contributed by atoms with Crippen LogP contribution in [0.1, 0.15) is 12.5 Å². The highest BCUT2D eigenvalue weighted by Crippen LogP contribution is 2.15. The lowest BCUT2D eigenvalue weighted by Crippen LogP contribution is -2.35. The molecule has 2 aromatic carbocycles. The van der Waals surface area contributed by atoms with Crippen molar-refractivity contribution in [1.29, 1.82) is 0 Å². The number of benzene rings is 2. The molecule has 0 aliphatic carbocycles. The van der Waals surface area contributed by atoms with E-state index in [0.717, 1.165) is 5.56 Å². The molecule has 0 saturated heterocycles. The first-order valence-corrected chi connectivity index (χ1v) is 7.60. The van der Waals surface area contributed by atoms with Crippen molar-refractivity contribution in [2.24, 2.45) is 0 Å². The highest BCUT2D eigenvalue weighted by molar-refractivity contribution is 5.23. The van der Waals surface area contributed by atoms with Gasteiger partial charge in [-0.25, -0.2) is 8.78 Å². The first-order valence-electron chi connectivity index (χ1n) is 7.60. The number of para-hydroxylation sites is 1. The molecule has 1 N–H and O–H groups in total. The van der Waals surface area contributed by atoms with E-state index < -0.39 is 11.9 Å². The van der Waals surface area contributed by atoms with E-state index in [1.807, 2.05) is 17.9 Å². The standard InChI is InChI=1S/C18H21F2NO2/c1-2-21(11-14-6-5-7-15(19)10-14)12-16(22)13-23-18-9-4-3-8-17(18)20/h3-10,16,22H,2,11-13H2,1H3. The van der Waals surface area contributed by atoms with E-state index in [4.69, 9.17) is 4.74 Å². The Bertz CT molecular complexity index is 621. The van der Waals surface area contributed by atoms with Crippen LogP contribution in [0, 0.1) is 11.6 Å². The topological polar surface area (TPSA) is 32.7 Å². The van der Waals surface area contributed by atoms with Crippen molar-refractivity contribution in [3.05, 3.63) is 65.7 Å². The minimum atomic E-state index is -0.761. The Morgan fingerprint density at radius 1 is 1.13 bits per heavy atom. The predicted molar refractivity (Wildman–Crippen MR) is 85.3 cm³/mol. The Morgan fingerprint density at radius 3 is 2.61 bits per heavy atom. The monoisotopic (exact) mass is 321 g/mol. The number of halogens is 2. The van der Waals surface area contributed by atoms with Gasteiger partial charge in [-0.05, 0) is 36.4 Å². The summed E-state index contributed by atoms with van der Waals surface area (Å²) in [5, 5.41) is 10.1. The maximum Gasteiger partial charge on any atom is 0.165 e. The second kappa shape index (κ2) is 8.60. The average Bonchev–Trinajstić information content (AvgIpc) is 2.53. The van der Waals surface area contributed by atoms with Crippen LogP contribution in [-0.2, 0) is 6.54 Å². The number of rotatable bonds is 8. The normalized spacial score (nSPS) is 12.4. The SMILES string of the molecule is CCN(Cc1cccc(F)c1)CC(O)COc1ccccc1F. The number of hydrogen-bond acceptors (Lipinski definition) is 3. The zero-order valence-electron chi connectivity index (χ0n) is 13.1. The van der Waals surface area contributed by atoms with E-state index in [0.29, 0.717) is 19.6 Å². The molecule has 2 rings (SSSR count). The van der Waals surface area contributed by atoms with Gasteiger partial charge >= 0.3 is 0 Å². The summed E-state index contributed by atoms with van der Waals surface area (Å²) in [6, 6.07) is 12.5. The molecule has 5 heteroatoms. The second-order valence-electron chi connectivity index (χ2n) is 5.35. The number of ether oxygens (including phenoxy) is 1. The lowest BCUT2D eigenvalue weighted by molar-refractivity contribution is 0.0660. The number of nitrogens with zero attached hydrogens (tertiary/aromatic N) is 1. The van der Waals surface area contributed by atoms with Crippen molar-refractivity contribution in [1.82, 2.24) is 4.90 Å². The first-order chi connectivity index (χ1) is 11.1. The van der Waals surface area contributed by atoms with Crippen molar-refractivity contribution < 1.29 is 18.6 Å². The summed E-state index contributed by atoms with van der Waals surface area (Å²) in [6.45, 7) is 3.56. The summed E-state index contributed by atoms with van der Waals surface area (Å²) in [5.41, 5.74) is 0.842. The molecule has 2 aromatic rings. The van der Waals surface area contributed by atoms with E-state index in [9.17, 15) is 13.9 Å². The third kappa shape index (κ3) is 5.62. The molecular weight excluding hydrogens is 300 g/mol. The lowest BCUT2D eigenvalue weighted by atomic mass is 10.2. The second-order valence-corrected chi connectivity index (χ2v) is 5.35. The van der Waals surface area contributed by atoms with Gasteiger partial charge in [0.15, 0.2) is 11.6 Å². The highest BCUT2D eigenvalue weighted by atomic mass is 19.1. The third-order valence-corrected chi connectivity index (χ3v) is 3.48. The van der Waals surface area contributed by atoms with E-state index >= 15 is 0 Å². The van der Waals surface area contributed by atoms with Crippen molar-refractivity contribution in [2.75, 3.05) is 19.7 Å². The highest BCUT2D eigenvalue weighted by Gasteiger charge is 2.13. The molecule has 3 nitrogen and oxygen atoms in total. The Morgan fingerprint density at radius 2 is 1.91 bits per heavy atom. The Balaban J connectivity index is 1.84. The van der Waals surface area contributed by atoms with Gasteiger partial charge in [0.25, 0.3) is 0 Å². The van der Waals surface area contributed by atoms with Gasteiger partial charge in [-0.2, -0.15) is 0 Å². The fourth-order valence-corrected chi connectivity index (χ4v) is 2.30. The van der Waals surface area contributed by atoms with Gasteiger partial charge in [0.2, 0.25) is 0 Å². The van der Waals surface area contributed by atoms with Crippen LogP contribution in [0.4, 0.5) is 8.78 Å². The van der Waals surface area contributed by atoms with Crippen LogP contribution in [0.25, 0.3) is 0 Å². The Labute approximate surface area is 135 Å². The molecule has 0 amide bonds. The lowest BCUT2D eigenvalue weighted by Gasteiger charge is -2.23. The summed E-state index contributed by atoms with van der Waals surface area (Å²) < 4.78 is 32.0. The largest absolute Gasteiger partial charge is 0.488 e. The number of hydrogen-bond donors (Lipinski definition) is 1. The molecule has 0 heterocycles. The zero-order chi connectivity index (χ0) is 16.7. The van der Waals surface area contributed by atoms with Crippen molar-refractivity contribution in [3.63, 3.8) is 0 Å². The first kappa shape index (κ1) is 17.4. The molecule has 1 unspecified atom stereocenters. The molecule has 124 valence electrons. The fourth-order valence-electron chi connectivity index (χ4n) is 2.30. The summed E-state index contributed by atoms with van der Waals surface area (Å²) >= 11 is 0. The summed E-state index contributed by atoms with van der Waals surface area (Å²) in [4.78, 5) is 1.98. The van der Waals surface area contributed by atoms with Crippen LogP contribution < -0.4 is 4.74 Å². The van der Waals surface area contributed by atoms with Gasteiger partial charge in [0.05, 0.1) is 0 Å². The molecule has 0 aliphatic heterocycles. The van der Waals surface area contributed by atoms with Crippen molar-refractivity contribution >= 4 is 0 Å². The van der Waals surface area contributed by atoms with Crippen LogP contribution in [-0.4, -0.2) is 35.8 Å². The van der Waals surface area contributed by atoms with Crippen molar-refractivity contribution in [2.45, 2.75) is 19.6 Å².